The van der Waals surface area contributed by atoms with Crippen molar-refractivity contribution in [2.75, 3.05) is 12.8 Å². The highest BCUT2D eigenvalue weighted by Crippen LogP contribution is 2.27. The molecule has 0 spiro atoms. The molecule has 0 saturated heterocycles. The second kappa shape index (κ2) is 9.81. The Kier molecular flexibility index (Phi) is 7.47. The van der Waals surface area contributed by atoms with Crippen molar-refractivity contribution >= 4 is 24.0 Å². The fourth-order valence-corrected chi connectivity index (χ4v) is 3.05. The van der Waals surface area contributed by atoms with E-state index in [-0.39, 0.29) is 30.3 Å². The van der Waals surface area contributed by atoms with Crippen molar-refractivity contribution in [2.45, 2.75) is 18.9 Å². The summed E-state index contributed by atoms with van der Waals surface area (Å²) < 4.78 is 5.24. The van der Waals surface area contributed by atoms with Gasteiger partial charge in [0.15, 0.2) is 0 Å². The highest BCUT2D eigenvalue weighted by molar-refractivity contribution is 5.85. The first kappa shape index (κ1) is 21.3. The van der Waals surface area contributed by atoms with Gasteiger partial charge in [-0.25, -0.2) is 0 Å². The first-order chi connectivity index (χ1) is 13.1. The minimum absolute atomic E-state index is 0. The maximum atomic E-state index is 12.9. The third kappa shape index (κ3) is 5.05. The molecule has 2 unspecified atom stereocenters. The lowest BCUT2D eigenvalue weighted by Gasteiger charge is -2.23. The van der Waals surface area contributed by atoms with Crippen molar-refractivity contribution in [1.29, 1.82) is 0 Å². The first-order valence-corrected chi connectivity index (χ1v) is 8.93. The van der Waals surface area contributed by atoms with Gasteiger partial charge in [-0.1, -0.05) is 54.6 Å². The Morgan fingerprint density at radius 3 is 2.14 bits per heavy atom. The number of hydrogen-bond donors (Lipinski definition) is 2. The summed E-state index contributed by atoms with van der Waals surface area (Å²) in [7, 11) is 1.63. The number of nitrogen functional groups attached to an aromatic ring is 1. The molecule has 0 saturated carbocycles. The van der Waals surface area contributed by atoms with Crippen LogP contribution in [0.5, 0.6) is 5.75 Å². The van der Waals surface area contributed by atoms with Crippen LogP contribution in [0.4, 0.5) is 5.69 Å². The van der Waals surface area contributed by atoms with Crippen LogP contribution in [-0.4, -0.2) is 13.0 Å². The summed E-state index contributed by atoms with van der Waals surface area (Å²) in [6, 6.07) is 24.8. The van der Waals surface area contributed by atoms with E-state index in [1.807, 2.05) is 85.8 Å². The number of anilines is 1. The standard InChI is InChI=1S/C23H24N2O2.ClH/c1-16(17-7-4-3-5-8-17)23(26)25-22(19-9-6-10-20(24)15-19)18-11-13-21(27-2)14-12-18;/h3-16,22H,24H2,1-2H3,(H,25,26);1H. The Morgan fingerprint density at radius 1 is 0.893 bits per heavy atom. The Hall–Kier alpha value is -2.98. The molecule has 0 aliphatic rings. The van der Waals surface area contributed by atoms with E-state index in [0.717, 1.165) is 22.4 Å². The molecule has 0 aliphatic carbocycles. The number of carbonyl (C=O) groups excluding carboxylic acids is 1. The minimum Gasteiger partial charge on any atom is -0.497 e. The van der Waals surface area contributed by atoms with Crippen LogP contribution in [0.15, 0.2) is 78.9 Å². The molecule has 3 rings (SSSR count). The molecule has 2 atom stereocenters. The van der Waals surface area contributed by atoms with Crippen molar-refractivity contribution in [1.82, 2.24) is 5.32 Å². The predicted molar refractivity (Wildman–Crippen MR) is 116 cm³/mol. The molecule has 4 nitrogen and oxygen atoms in total. The Bertz CT molecular complexity index is 898. The molecule has 0 aromatic heterocycles. The zero-order valence-electron chi connectivity index (χ0n) is 16.0. The van der Waals surface area contributed by atoms with Gasteiger partial charge in [-0.2, -0.15) is 0 Å². The lowest BCUT2D eigenvalue weighted by molar-refractivity contribution is -0.122. The van der Waals surface area contributed by atoms with Gasteiger partial charge in [0.25, 0.3) is 0 Å². The van der Waals surface area contributed by atoms with Crippen molar-refractivity contribution in [3.05, 3.63) is 95.6 Å². The quantitative estimate of drug-likeness (QED) is 0.593. The van der Waals surface area contributed by atoms with E-state index < -0.39 is 0 Å². The van der Waals surface area contributed by atoms with Crippen molar-refractivity contribution in [3.8, 4) is 5.75 Å². The molecule has 3 aromatic rings. The maximum absolute atomic E-state index is 12.9. The average molecular weight is 397 g/mol. The number of benzene rings is 3. The van der Waals surface area contributed by atoms with E-state index >= 15 is 0 Å². The van der Waals surface area contributed by atoms with Crippen LogP contribution in [0.25, 0.3) is 0 Å². The van der Waals surface area contributed by atoms with E-state index in [1.54, 1.807) is 7.11 Å². The van der Waals surface area contributed by atoms with Crippen LogP contribution in [0, 0.1) is 0 Å². The first-order valence-electron chi connectivity index (χ1n) is 8.93. The van der Waals surface area contributed by atoms with E-state index in [0.29, 0.717) is 5.69 Å². The molecule has 5 heteroatoms. The van der Waals surface area contributed by atoms with Gasteiger partial charge in [0.2, 0.25) is 5.91 Å². The van der Waals surface area contributed by atoms with E-state index in [1.165, 1.54) is 0 Å². The molecule has 3 aromatic carbocycles. The fraction of sp³-hybridized carbons (Fsp3) is 0.174. The van der Waals surface area contributed by atoms with E-state index in [4.69, 9.17) is 10.5 Å². The summed E-state index contributed by atoms with van der Waals surface area (Å²) in [6.45, 7) is 1.91. The number of ether oxygens (including phenoxy) is 1. The van der Waals surface area contributed by atoms with Gasteiger partial charge >= 0.3 is 0 Å². The SMILES string of the molecule is COc1ccc(C(NC(=O)C(C)c2ccccc2)c2cccc(N)c2)cc1.Cl. The monoisotopic (exact) mass is 396 g/mol. The lowest BCUT2D eigenvalue weighted by Crippen LogP contribution is -2.32. The third-order valence-corrected chi connectivity index (χ3v) is 4.67. The maximum Gasteiger partial charge on any atom is 0.228 e. The second-order valence-electron chi connectivity index (χ2n) is 6.52. The molecule has 1 amide bonds. The topological polar surface area (TPSA) is 64.3 Å². The van der Waals surface area contributed by atoms with Crippen LogP contribution in [0.3, 0.4) is 0 Å². The normalized spacial score (nSPS) is 12.4. The molecule has 3 N–H and O–H groups in total. The Balaban J connectivity index is 0.00000280. The molecular weight excluding hydrogens is 372 g/mol. The number of hydrogen-bond acceptors (Lipinski definition) is 3. The molecule has 0 fully saturated rings. The van der Waals surface area contributed by atoms with E-state index in [2.05, 4.69) is 5.32 Å². The zero-order valence-corrected chi connectivity index (χ0v) is 16.8. The predicted octanol–water partition coefficient (Wildman–Crippen LogP) is 4.71. The lowest BCUT2D eigenvalue weighted by atomic mass is 9.95. The highest BCUT2D eigenvalue weighted by atomic mass is 35.5. The van der Waals surface area contributed by atoms with Crippen LogP contribution in [-0.2, 0) is 4.79 Å². The molecular formula is C23H25ClN2O2. The van der Waals surface area contributed by atoms with Crippen molar-refractivity contribution in [3.63, 3.8) is 0 Å². The highest BCUT2D eigenvalue weighted by Gasteiger charge is 2.22. The molecule has 28 heavy (non-hydrogen) atoms. The summed E-state index contributed by atoms with van der Waals surface area (Å²) >= 11 is 0. The van der Waals surface area contributed by atoms with Gasteiger partial charge in [-0.05, 0) is 47.9 Å². The Morgan fingerprint density at radius 2 is 1.54 bits per heavy atom. The number of nitrogens with one attached hydrogen (secondary N) is 1. The van der Waals surface area contributed by atoms with Gasteiger partial charge in [-0.15, -0.1) is 12.4 Å². The van der Waals surface area contributed by atoms with E-state index in [9.17, 15) is 4.79 Å². The fourth-order valence-electron chi connectivity index (χ4n) is 3.05. The smallest absolute Gasteiger partial charge is 0.228 e. The summed E-state index contributed by atoms with van der Waals surface area (Å²) in [5.74, 6) is 0.478. The summed E-state index contributed by atoms with van der Waals surface area (Å²) in [5, 5.41) is 3.18. The largest absolute Gasteiger partial charge is 0.497 e. The van der Waals surface area contributed by atoms with Crippen LogP contribution in [0.2, 0.25) is 0 Å². The van der Waals surface area contributed by atoms with Gasteiger partial charge in [0.05, 0.1) is 19.1 Å². The minimum atomic E-state index is -0.293. The van der Waals surface area contributed by atoms with Gasteiger partial charge in [0, 0.05) is 5.69 Å². The van der Waals surface area contributed by atoms with Crippen LogP contribution < -0.4 is 15.8 Å². The summed E-state index contributed by atoms with van der Waals surface area (Å²) in [4.78, 5) is 12.9. The Labute approximate surface area is 172 Å². The number of halogens is 1. The average Bonchev–Trinajstić information content (AvgIpc) is 2.72. The summed E-state index contributed by atoms with van der Waals surface area (Å²) in [5.41, 5.74) is 9.52. The van der Waals surface area contributed by atoms with Gasteiger partial charge in [0.1, 0.15) is 5.75 Å². The second-order valence-corrected chi connectivity index (χ2v) is 6.52. The number of amides is 1. The molecule has 0 radical (unpaired) electrons. The molecule has 146 valence electrons. The van der Waals surface area contributed by atoms with Gasteiger partial charge in [-0.3, -0.25) is 4.79 Å². The summed E-state index contributed by atoms with van der Waals surface area (Å²) in [6.07, 6.45) is 0. The van der Waals surface area contributed by atoms with Crippen LogP contribution >= 0.6 is 12.4 Å². The van der Waals surface area contributed by atoms with Crippen molar-refractivity contribution < 1.29 is 9.53 Å². The van der Waals surface area contributed by atoms with Crippen LogP contribution in [0.1, 0.15) is 35.6 Å². The molecule has 0 bridgehead atoms. The third-order valence-electron chi connectivity index (χ3n) is 4.67. The number of nitrogens with two attached hydrogens (primary N) is 1. The van der Waals surface area contributed by atoms with Crippen molar-refractivity contribution in [2.24, 2.45) is 0 Å². The van der Waals surface area contributed by atoms with Gasteiger partial charge < -0.3 is 15.8 Å². The number of rotatable bonds is 6. The number of methoxy groups -OCH3 is 1. The zero-order chi connectivity index (χ0) is 19.2. The molecule has 0 aliphatic heterocycles. The molecule has 0 heterocycles. The number of carbonyl (C=O) groups is 1.